The quantitative estimate of drug-likeness (QED) is 0.907. The van der Waals surface area contributed by atoms with Gasteiger partial charge in [0.05, 0.1) is 6.04 Å². The second kappa shape index (κ2) is 6.46. The van der Waals surface area contributed by atoms with Crippen LogP contribution < -0.4 is 0 Å². The first-order chi connectivity index (χ1) is 9.86. The average Bonchev–Trinajstić information content (AvgIpc) is 2.88. The second-order valence-electron chi connectivity index (χ2n) is 5.25. The van der Waals surface area contributed by atoms with Crippen LogP contribution in [-0.2, 0) is 11.0 Å². The Kier molecular flexibility index (Phi) is 4.87. The summed E-state index contributed by atoms with van der Waals surface area (Å²) in [5, 5.41) is 12.2. The van der Waals surface area contributed by atoms with E-state index >= 15 is 0 Å². The zero-order valence-corrected chi connectivity index (χ0v) is 11.5. The molecule has 1 aliphatic rings. The highest BCUT2D eigenvalue weighted by Gasteiger charge is 2.34. The molecule has 0 atom stereocenters. The lowest BCUT2D eigenvalue weighted by Crippen LogP contribution is -2.35. The maximum absolute atomic E-state index is 12.5. The fourth-order valence-electron chi connectivity index (χ4n) is 2.55. The summed E-state index contributed by atoms with van der Waals surface area (Å²) in [7, 11) is 0. The number of nitrogens with zero attached hydrogens (tertiary/aromatic N) is 3. The number of rotatable bonds is 5. The molecule has 0 spiro atoms. The van der Waals surface area contributed by atoms with Gasteiger partial charge in [-0.05, 0) is 31.9 Å². The Morgan fingerprint density at radius 3 is 2.57 bits per heavy atom. The summed E-state index contributed by atoms with van der Waals surface area (Å²) in [6.07, 6.45) is -0.817. The van der Waals surface area contributed by atoms with Crippen molar-refractivity contribution in [2.75, 3.05) is 19.6 Å². The summed E-state index contributed by atoms with van der Waals surface area (Å²) in [4.78, 5) is 12.6. The highest BCUT2D eigenvalue weighted by atomic mass is 19.4. The first-order valence-electron chi connectivity index (χ1n) is 6.93. The van der Waals surface area contributed by atoms with Crippen LogP contribution >= 0.6 is 0 Å². The Balaban J connectivity index is 1.81. The van der Waals surface area contributed by atoms with Crippen LogP contribution in [0.15, 0.2) is 12.3 Å². The van der Waals surface area contributed by atoms with E-state index in [0.29, 0.717) is 13.0 Å². The van der Waals surface area contributed by atoms with Gasteiger partial charge in [0.15, 0.2) is 5.69 Å². The van der Waals surface area contributed by atoms with Crippen molar-refractivity contribution < 1.29 is 23.1 Å². The normalized spacial score (nSPS) is 18.0. The lowest BCUT2D eigenvalue weighted by atomic mass is 10.1. The van der Waals surface area contributed by atoms with Crippen LogP contribution in [-0.4, -0.2) is 45.4 Å². The minimum atomic E-state index is -4.40. The Morgan fingerprint density at radius 2 is 2.05 bits per heavy atom. The number of piperidine rings is 1. The van der Waals surface area contributed by atoms with E-state index in [1.807, 2.05) is 0 Å². The van der Waals surface area contributed by atoms with Crippen molar-refractivity contribution in [3.8, 4) is 0 Å². The van der Waals surface area contributed by atoms with Gasteiger partial charge in [0.2, 0.25) is 0 Å². The summed E-state index contributed by atoms with van der Waals surface area (Å²) in [6, 6.07) is 0.982. The molecule has 1 aromatic heterocycles. The van der Waals surface area contributed by atoms with E-state index in [0.717, 1.165) is 32.0 Å². The SMILES string of the molecule is O=C(O)CCCN1CCC(n2ccc(C(F)(F)F)n2)CC1. The summed E-state index contributed by atoms with van der Waals surface area (Å²) in [5.74, 6) is -0.805. The topological polar surface area (TPSA) is 58.4 Å². The first kappa shape index (κ1) is 15.8. The van der Waals surface area contributed by atoms with Crippen molar-refractivity contribution in [2.24, 2.45) is 0 Å². The molecular weight excluding hydrogens is 287 g/mol. The van der Waals surface area contributed by atoms with Crippen molar-refractivity contribution in [2.45, 2.75) is 37.9 Å². The molecule has 1 aromatic rings. The smallest absolute Gasteiger partial charge is 0.435 e. The fourth-order valence-corrected chi connectivity index (χ4v) is 2.55. The van der Waals surface area contributed by atoms with Crippen LogP contribution in [0.4, 0.5) is 13.2 Å². The molecule has 0 aromatic carbocycles. The predicted octanol–water partition coefficient (Wildman–Crippen LogP) is 2.40. The lowest BCUT2D eigenvalue weighted by Gasteiger charge is -2.31. The monoisotopic (exact) mass is 305 g/mol. The van der Waals surface area contributed by atoms with E-state index < -0.39 is 17.8 Å². The van der Waals surface area contributed by atoms with Crippen LogP contribution in [0.25, 0.3) is 0 Å². The van der Waals surface area contributed by atoms with Crippen molar-refractivity contribution in [1.82, 2.24) is 14.7 Å². The molecule has 1 fully saturated rings. The van der Waals surface area contributed by atoms with Crippen LogP contribution in [0, 0.1) is 0 Å². The van der Waals surface area contributed by atoms with E-state index in [9.17, 15) is 18.0 Å². The number of likely N-dealkylation sites (tertiary alicyclic amines) is 1. The van der Waals surface area contributed by atoms with E-state index in [-0.39, 0.29) is 12.5 Å². The Labute approximate surface area is 120 Å². The van der Waals surface area contributed by atoms with Gasteiger partial charge in [0.25, 0.3) is 0 Å². The molecule has 1 aliphatic heterocycles. The highest BCUT2D eigenvalue weighted by Crippen LogP contribution is 2.29. The van der Waals surface area contributed by atoms with Gasteiger partial charge in [-0.15, -0.1) is 0 Å². The van der Waals surface area contributed by atoms with Crippen molar-refractivity contribution in [1.29, 1.82) is 0 Å². The van der Waals surface area contributed by atoms with Crippen molar-refractivity contribution >= 4 is 5.97 Å². The first-order valence-corrected chi connectivity index (χ1v) is 6.93. The minimum absolute atomic E-state index is 0.0168. The molecule has 0 bridgehead atoms. The zero-order valence-electron chi connectivity index (χ0n) is 11.5. The average molecular weight is 305 g/mol. The molecule has 0 unspecified atom stereocenters. The van der Waals surface area contributed by atoms with Gasteiger partial charge in [-0.3, -0.25) is 9.48 Å². The van der Waals surface area contributed by atoms with Crippen LogP contribution in [0.2, 0.25) is 0 Å². The number of aromatic nitrogens is 2. The molecule has 118 valence electrons. The molecule has 0 saturated carbocycles. The molecule has 2 rings (SSSR count). The molecule has 2 heterocycles. The number of carboxylic acid groups (broad SMARTS) is 1. The van der Waals surface area contributed by atoms with Gasteiger partial charge < -0.3 is 10.0 Å². The second-order valence-corrected chi connectivity index (χ2v) is 5.25. The van der Waals surface area contributed by atoms with Gasteiger partial charge in [0.1, 0.15) is 0 Å². The zero-order chi connectivity index (χ0) is 15.5. The fraction of sp³-hybridized carbons (Fsp3) is 0.692. The molecular formula is C13H18F3N3O2. The van der Waals surface area contributed by atoms with Crippen LogP contribution in [0.1, 0.15) is 37.4 Å². The number of carbonyl (C=O) groups is 1. The summed E-state index contributed by atoms with van der Waals surface area (Å²) < 4.78 is 38.9. The van der Waals surface area contributed by atoms with Gasteiger partial charge in [-0.2, -0.15) is 18.3 Å². The standard InChI is InChI=1S/C13H18F3N3O2/c14-13(15,16)11-5-9-19(17-11)10-3-7-18(8-4-10)6-1-2-12(20)21/h5,9-10H,1-4,6-8H2,(H,20,21). The number of hydrogen-bond donors (Lipinski definition) is 1. The predicted molar refractivity (Wildman–Crippen MR) is 68.8 cm³/mol. The Hall–Kier alpha value is -1.57. The van der Waals surface area contributed by atoms with E-state index in [1.165, 1.54) is 10.9 Å². The third-order valence-electron chi connectivity index (χ3n) is 3.69. The number of hydrogen-bond acceptors (Lipinski definition) is 3. The van der Waals surface area contributed by atoms with Gasteiger partial charge in [-0.1, -0.05) is 0 Å². The maximum Gasteiger partial charge on any atom is 0.435 e. The third-order valence-corrected chi connectivity index (χ3v) is 3.69. The number of carboxylic acids is 1. The Bertz CT molecular complexity index is 479. The molecule has 0 amide bonds. The van der Waals surface area contributed by atoms with Gasteiger partial charge in [0, 0.05) is 25.7 Å². The molecule has 1 N–H and O–H groups in total. The number of aliphatic carboxylic acids is 1. The maximum atomic E-state index is 12.5. The van der Waals surface area contributed by atoms with Crippen LogP contribution in [0.5, 0.6) is 0 Å². The minimum Gasteiger partial charge on any atom is -0.481 e. The largest absolute Gasteiger partial charge is 0.481 e. The van der Waals surface area contributed by atoms with Gasteiger partial charge in [-0.25, -0.2) is 0 Å². The number of alkyl halides is 3. The molecule has 8 heteroatoms. The van der Waals surface area contributed by atoms with E-state index in [2.05, 4.69) is 10.00 Å². The molecule has 0 aliphatic carbocycles. The highest BCUT2D eigenvalue weighted by molar-refractivity contribution is 5.66. The lowest BCUT2D eigenvalue weighted by molar-refractivity contribution is -0.141. The van der Waals surface area contributed by atoms with Crippen LogP contribution in [0.3, 0.4) is 0 Å². The molecule has 0 radical (unpaired) electrons. The van der Waals surface area contributed by atoms with E-state index in [4.69, 9.17) is 5.11 Å². The number of halogens is 3. The Morgan fingerprint density at radius 1 is 1.38 bits per heavy atom. The summed E-state index contributed by atoms with van der Waals surface area (Å²) >= 11 is 0. The third kappa shape index (κ3) is 4.45. The molecule has 5 nitrogen and oxygen atoms in total. The molecule has 21 heavy (non-hydrogen) atoms. The molecule has 1 saturated heterocycles. The summed E-state index contributed by atoms with van der Waals surface area (Å²) in [5.41, 5.74) is -0.855. The summed E-state index contributed by atoms with van der Waals surface area (Å²) in [6.45, 7) is 2.23. The van der Waals surface area contributed by atoms with Crippen molar-refractivity contribution in [3.05, 3.63) is 18.0 Å². The van der Waals surface area contributed by atoms with Crippen molar-refractivity contribution in [3.63, 3.8) is 0 Å². The van der Waals surface area contributed by atoms with Gasteiger partial charge >= 0.3 is 12.1 Å². The van der Waals surface area contributed by atoms with E-state index in [1.54, 1.807) is 0 Å².